The number of benzene rings is 1. The molecule has 1 unspecified atom stereocenters. The molecular formula is C16H14BrN3. The van der Waals surface area contributed by atoms with Crippen LogP contribution in [0.15, 0.2) is 59.5 Å². The lowest BCUT2D eigenvalue weighted by Gasteiger charge is -2.13. The van der Waals surface area contributed by atoms with E-state index in [1.54, 1.807) is 6.20 Å². The lowest BCUT2D eigenvalue weighted by atomic mass is 10.0. The topological polar surface area (TPSA) is 51.8 Å². The first-order chi connectivity index (χ1) is 9.74. The van der Waals surface area contributed by atoms with E-state index >= 15 is 0 Å². The summed E-state index contributed by atoms with van der Waals surface area (Å²) >= 11 is 3.43. The minimum atomic E-state index is -0.141. The maximum Gasteiger partial charge on any atom is 0.0652 e. The summed E-state index contributed by atoms with van der Waals surface area (Å²) < 4.78 is 0.966. The van der Waals surface area contributed by atoms with Crippen molar-refractivity contribution in [1.82, 2.24) is 9.97 Å². The molecule has 0 aliphatic carbocycles. The lowest BCUT2D eigenvalue weighted by Crippen LogP contribution is -2.15. The number of rotatable bonds is 3. The van der Waals surface area contributed by atoms with Crippen LogP contribution in [0.5, 0.6) is 0 Å². The van der Waals surface area contributed by atoms with Gasteiger partial charge in [0.05, 0.1) is 11.7 Å². The summed E-state index contributed by atoms with van der Waals surface area (Å²) in [6.45, 7) is 0. The molecule has 0 bridgehead atoms. The van der Waals surface area contributed by atoms with Crippen LogP contribution in [0.4, 0.5) is 0 Å². The van der Waals surface area contributed by atoms with Crippen LogP contribution in [0.1, 0.15) is 17.3 Å². The molecule has 100 valence electrons. The zero-order valence-corrected chi connectivity index (χ0v) is 12.4. The Balaban J connectivity index is 1.94. The van der Waals surface area contributed by atoms with E-state index in [1.165, 1.54) is 5.39 Å². The Hall–Kier alpha value is -1.78. The van der Waals surface area contributed by atoms with Crippen molar-refractivity contribution in [2.45, 2.75) is 12.5 Å². The summed E-state index contributed by atoms with van der Waals surface area (Å²) in [5.41, 5.74) is 8.37. The van der Waals surface area contributed by atoms with Gasteiger partial charge in [-0.1, -0.05) is 24.3 Å². The van der Waals surface area contributed by atoms with Gasteiger partial charge in [-0.05, 0) is 45.4 Å². The van der Waals surface area contributed by atoms with Gasteiger partial charge in [-0.2, -0.15) is 0 Å². The fourth-order valence-electron chi connectivity index (χ4n) is 2.36. The van der Waals surface area contributed by atoms with Crippen molar-refractivity contribution >= 4 is 26.7 Å². The van der Waals surface area contributed by atoms with E-state index in [2.05, 4.69) is 38.0 Å². The number of nitrogens with two attached hydrogens (primary N) is 1. The van der Waals surface area contributed by atoms with Crippen molar-refractivity contribution < 1.29 is 0 Å². The van der Waals surface area contributed by atoms with Crippen LogP contribution in [0.3, 0.4) is 0 Å². The first-order valence-electron chi connectivity index (χ1n) is 6.43. The summed E-state index contributed by atoms with van der Waals surface area (Å²) in [5.74, 6) is 0. The lowest BCUT2D eigenvalue weighted by molar-refractivity contribution is 0.701. The smallest absolute Gasteiger partial charge is 0.0652 e. The molecule has 2 aromatic heterocycles. The van der Waals surface area contributed by atoms with Crippen molar-refractivity contribution in [3.05, 3.63) is 70.7 Å². The van der Waals surface area contributed by atoms with E-state index in [0.29, 0.717) is 6.42 Å². The number of hydrogen-bond acceptors (Lipinski definition) is 3. The van der Waals surface area contributed by atoms with Gasteiger partial charge in [0, 0.05) is 28.4 Å². The van der Waals surface area contributed by atoms with Gasteiger partial charge >= 0.3 is 0 Å². The molecule has 0 fully saturated rings. The molecule has 0 spiro atoms. The van der Waals surface area contributed by atoms with Crippen molar-refractivity contribution in [2.75, 3.05) is 0 Å². The Morgan fingerprint density at radius 1 is 1.15 bits per heavy atom. The zero-order valence-electron chi connectivity index (χ0n) is 10.8. The SMILES string of the molecule is NC(Cc1cncc(Br)c1)c1nccc2ccccc12. The summed E-state index contributed by atoms with van der Waals surface area (Å²) in [6, 6.07) is 12.1. The van der Waals surface area contributed by atoms with Crippen LogP contribution in [-0.2, 0) is 6.42 Å². The van der Waals surface area contributed by atoms with Crippen molar-refractivity contribution in [1.29, 1.82) is 0 Å². The minimum Gasteiger partial charge on any atom is -0.322 e. The maximum absolute atomic E-state index is 6.34. The number of halogens is 1. The zero-order chi connectivity index (χ0) is 13.9. The second-order valence-corrected chi connectivity index (χ2v) is 5.66. The second kappa shape index (κ2) is 5.69. The number of fused-ring (bicyclic) bond motifs is 1. The van der Waals surface area contributed by atoms with Crippen molar-refractivity contribution in [3.8, 4) is 0 Å². The van der Waals surface area contributed by atoms with Crippen LogP contribution in [0.25, 0.3) is 10.8 Å². The summed E-state index contributed by atoms with van der Waals surface area (Å²) in [6.07, 6.45) is 6.14. The van der Waals surface area contributed by atoms with Gasteiger partial charge in [0.2, 0.25) is 0 Å². The molecule has 0 radical (unpaired) electrons. The fourth-order valence-corrected chi connectivity index (χ4v) is 2.77. The molecule has 3 aromatic rings. The average Bonchev–Trinajstić information content (AvgIpc) is 2.46. The van der Waals surface area contributed by atoms with Gasteiger partial charge in [-0.25, -0.2) is 0 Å². The Labute approximate surface area is 126 Å². The monoisotopic (exact) mass is 327 g/mol. The van der Waals surface area contributed by atoms with Crippen LogP contribution in [0.2, 0.25) is 0 Å². The number of hydrogen-bond donors (Lipinski definition) is 1. The Kier molecular flexibility index (Phi) is 3.76. The highest BCUT2D eigenvalue weighted by molar-refractivity contribution is 9.10. The first-order valence-corrected chi connectivity index (χ1v) is 7.22. The quantitative estimate of drug-likeness (QED) is 0.799. The number of pyridine rings is 2. The van der Waals surface area contributed by atoms with Gasteiger partial charge in [0.15, 0.2) is 0 Å². The Morgan fingerprint density at radius 3 is 2.85 bits per heavy atom. The third-order valence-electron chi connectivity index (χ3n) is 3.27. The second-order valence-electron chi connectivity index (χ2n) is 4.74. The van der Waals surface area contributed by atoms with E-state index in [0.717, 1.165) is 21.1 Å². The molecule has 0 amide bonds. The van der Waals surface area contributed by atoms with Gasteiger partial charge in [0.1, 0.15) is 0 Å². The average molecular weight is 328 g/mol. The molecule has 0 aliphatic heterocycles. The van der Waals surface area contributed by atoms with Gasteiger partial charge < -0.3 is 5.73 Å². The molecule has 2 heterocycles. The van der Waals surface area contributed by atoms with Crippen LogP contribution in [0, 0.1) is 0 Å². The van der Waals surface area contributed by atoms with E-state index < -0.39 is 0 Å². The summed E-state index contributed by atoms with van der Waals surface area (Å²) in [5, 5.41) is 2.28. The molecule has 4 heteroatoms. The predicted molar refractivity (Wildman–Crippen MR) is 84.3 cm³/mol. The van der Waals surface area contributed by atoms with Gasteiger partial charge in [-0.3, -0.25) is 9.97 Å². The van der Waals surface area contributed by atoms with E-state index in [-0.39, 0.29) is 6.04 Å². The molecule has 20 heavy (non-hydrogen) atoms. The number of aromatic nitrogens is 2. The molecule has 0 saturated heterocycles. The third kappa shape index (κ3) is 2.71. The van der Waals surface area contributed by atoms with Crippen molar-refractivity contribution in [3.63, 3.8) is 0 Å². The molecule has 3 nitrogen and oxygen atoms in total. The van der Waals surface area contributed by atoms with Crippen LogP contribution >= 0.6 is 15.9 Å². The van der Waals surface area contributed by atoms with Crippen molar-refractivity contribution in [2.24, 2.45) is 5.73 Å². The first kappa shape index (κ1) is 13.2. The predicted octanol–water partition coefficient (Wildman–Crippen LogP) is 3.63. The summed E-state index contributed by atoms with van der Waals surface area (Å²) in [4.78, 5) is 8.64. The molecule has 1 atom stereocenters. The van der Waals surface area contributed by atoms with Gasteiger partial charge in [-0.15, -0.1) is 0 Å². The maximum atomic E-state index is 6.34. The largest absolute Gasteiger partial charge is 0.322 e. The van der Waals surface area contributed by atoms with E-state index in [9.17, 15) is 0 Å². The highest BCUT2D eigenvalue weighted by Gasteiger charge is 2.12. The van der Waals surface area contributed by atoms with Crippen LogP contribution < -0.4 is 5.73 Å². The molecule has 3 rings (SSSR count). The highest BCUT2D eigenvalue weighted by atomic mass is 79.9. The normalized spacial score (nSPS) is 12.5. The molecule has 0 saturated carbocycles. The molecule has 1 aromatic carbocycles. The molecule has 2 N–H and O–H groups in total. The van der Waals surface area contributed by atoms with E-state index in [4.69, 9.17) is 5.73 Å². The van der Waals surface area contributed by atoms with Gasteiger partial charge in [0.25, 0.3) is 0 Å². The number of nitrogens with zero attached hydrogens (tertiary/aromatic N) is 2. The Morgan fingerprint density at radius 2 is 2.00 bits per heavy atom. The van der Waals surface area contributed by atoms with Crippen LogP contribution in [-0.4, -0.2) is 9.97 Å². The fraction of sp³-hybridized carbons (Fsp3) is 0.125. The third-order valence-corrected chi connectivity index (χ3v) is 3.71. The minimum absolute atomic E-state index is 0.141. The Bertz CT molecular complexity index is 737. The summed E-state index contributed by atoms with van der Waals surface area (Å²) in [7, 11) is 0. The standard InChI is InChI=1S/C16H14BrN3/c17-13-7-11(9-19-10-13)8-15(18)16-14-4-2-1-3-12(14)5-6-20-16/h1-7,9-10,15H,8,18H2. The highest BCUT2D eigenvalue weighted by Crippen LogP contribution is 2.23. The van der Waals surface area contributed by atoms with E-state index in [1.807, 2.05) is 36.7 Å². The molecular weight excluding hydrogens is 314 g/mol. The molecule has 0 aliphatic rings.